The molecule has 0 heterocycles. The zero-order valence-corrected chi connectivity index (χ0v) is 13.1. The summed E-state index contributed by atoms with van der Waals surface area (Å²) in [6, 6.07) is 0.507. The van der Waals surface area contributed by atoms with Crippen LogP contribution in [0.2, 0.25) is 0 Å². The lowest BCUT2D eigenvalue weighted by Gasteiger charge is -2.39. The van der Waals surface area contributed by atoms with Crippen molar-refractivity contribution in [1.82, 2.24) is 9.80 Å². The molecule has 0 aliphatic carbocycles. The van der Waals surface area contributed by atoms with Gasteiger partial charge >= 0.3 is 0 Å². The molecule has 0 aliphatic rings. The summed E-state index contributed by atoms with van der Waals surface area (Å²) in [4.78, 5) is 4.50. The summed E-state index contributed by atoms with van der Waals surface area (Å²) in [5, 5.41) is 9.66. The van der Waals surface area contributed by atoms with Crippen molar-refractivity contribution in [1.29, 1.82) is 0 Å². The number of likely N-dealkylation sites (N-methyl/N-ethyl adjacent to an activating group) is 2. The second-order valence-electron chi connectivity index (χ2n) is 5.99. The molecule has 0 radical (unpaired) electrons. The van der Waals surface area contributed by atoms with E-state index < -0.39 is 0 Å². The van der Waals surface area contributed by atoms with Crippen LogP contribution in [0.3, 0.4) is 0 Å². The molecule has 4 heteroatoms. The third kappa shape index (κ3) is 6.14. The number of nitrogens with two attached hydrogens (primary N) is 1. The van der Waals surface area contributed by atoms with Crippen molar-refractivity contribution in [2.75, 3.05) is 33.8 Å². The normalized spacial score (nSPS) is 17.5. The van der Waals surface area contributed by atoms with Crippen LogP contribution in [0.4, 0.5) is 0 Å². The highest BCUT2D eigenvalue weighted by Crippen LogP contribution is 2.14. The predicted molar refractivity (Wildman–Crippen MR) is 78.7 cm³/mol. The summed E-state index contributed by atoms with van der Waals surface area (Å²) in [6.45, 7) is 10.7. The Hall–Kier alpha value is -0.160. The highest BCUT2D eigenvalue weighted by Gasteiger charge is 2.27. The van der Waals surface area contributed by atoms with Crippen molar-refractivity contribution in [2.45, 2.75) is 52.2 Å². The summed E-state index contributed by atoms with van der Waals surface area (Å²) in [5.41, 5.74) is 6.26. The van der Waals surface area contributed by atoms with Crippen LogP contribution in [0.5, 0.6) is 0 Å². The number of rotatable bonds is 9. The van der Waals surface area contributed by atoms with E-state index in [0.717, 1.165) is 19.5 Å². The minimum Gasteiger partial charge on any atom is -0.395 e. The maximum absolute atomic E-state index is 9.66. The predicted octanol–water partition coefficient (Wildman–Crippen LogP) is 0.993. The summed E-state index contributed by atoms with van der Waals surface area (Å²) < 4.78 is 0. The Labute approximate surface area is 113 Å². The van der Waals surface area contributed by atoms with E-state index >= 15 is 0 Å². The third-order valence-electron chi connectivity index (χ3n) is 3.41. The van der Waals surface area contributed by atoms with Gasteiger partial charge in [-0.15, -0.1) is 0 Å². The molecule has 0 bridgehead atoms. The van der Waals surface area contributed by atoms with Crippen molar-refractivity contribution in [3.05, 3.63) is 0 Å². The summed E-state index contributed by atoms with van der Waals surface area (Å²) in [6.07, 6.45) is 0.955. The van der Waals surface area contributed by atoms with E-state index in [-0.39, 0.29) is 18.7 Å². The molecule has 0 aromatic carbocycles. The Kier molecular flexibility index (Phi) is 8.78. The molecule has 3 N–H and O–H groups in total. The average Bonchev–Trinajstić information content (AvgIpc) is 2.22. The molecule has 0 saturated carbocycles. The van der Waals surface area contributed by atoms with Crippen molar-refractivity contribution in [3.63, 3.8) is 0 Å². The summed E-state index contributed by atoms with van der Waals surface area (Å²) in [7, 11) is 4.15. The fourth-order valence-electron chi connectivity index (χ4n) is 2.69. The number of hydrogen-bond donors (Lipinski definition) is 2. The molecule has 3 atom stereocenters. The molecule has 0 amide bonds. The topological polar surface area (TPSA) is 52.7 Å². The average molecular weight is 259 g/mol. The first-order valence-corrected chi connectivity index (χ1v) is 7.10. The van der Waals surface area contributed by atoms with Crippen LogP contribution >= 0.6 is 0 Å². The molecule has 0 rings (SSSR count). The lowest BCUT2D eigenvalue weighted by molar-refractivity contribution is 0.0623. The van der Waals surface area contributed by atoms with E-state index in [4.69, 9.17) is 5.73 Å². The maximum Gasteiger partial charge on any atom is 0.0602 e. The van der Waals surface area contributed by atoms with Crippen molar-refractivity contribution in [3.8, 4) is 0 Å². The quantitative estimate of drug-likeness (QED) is 0.648. The van der Waals surface area contributed by atoms with Crippen LogP contribution < -0.4 is 5.73 Å². The highest BCUT2D eigenvalue weighted by atomic mass is 16.3. The number of nitrogens with zero attached hydrogens (tertiary/aromatic N) is 2. The van der Waals surface area contributed by atoms with Gasteiger partial charge in [-0.2, -0.15) is 0 Å². The van der Waals surface area contributed by atoms with E-state index in [9.17, 15) is 5.11 Å². The Morgan fingerprint density at radius 1 is 1.17 bits per heavy atom. The minimum atomic E-state index is 0.0413. The second kappa shape index (κ2) is 8.86. The Balaban J connectivity index is 4.64. The van der Waals surface area contributed by atoms with Crippen molar-refractivity contribution < 1.29 is 5.11 Å². The zero-order valence-electron chi connectivity index (χ0n) is 13.1. The molecule has 0 fully saturated rings. The van der Waals surface area contributed by atoms with Gasteiger partial charge in [0.1, 0.15) is 0 Å². The van der Waals surface area contributed by atoms with E-state index in [1.54, 1.807) is 0 Å². The zero-order chi connectivity index (χ0) is 14.3. The van der Waals surface area contributed by atoms with Crippen LogP contribution in [-0.2, 0) is 0 Å². The molecule has 0 aliphatic heterocycles. The fraction of sp³-hybridized carbons (Fsp3) is 1.00. The molecule has 110 valence electrons. The van der Waals surface area contributed by atoms with Gasteiger partial charge in [0, 0.05) is 24.7 Å². The standard InChI is InChI=1S/C14H33N3O/c1-7-17(12(4)9-16(5)6)14(10-18)13(15)8-11(2)3/h11-14,18H,7-10,15H2,1-6H3. The molecular weight excluding hydrogens is 226 g/mol. The Morgan fingerprint density at radius 2 is 1.72 bits per heavy atom. The molecule has 18 heavy (non-hydrogen) atoms. The molecular formula is C14H33N3O. The van der Waals surface area contributed by atoms with Gasteiger partial charge in [-0.3, -0.25) is 4.90 Å². The fourth-order valence-corrected chi connectivity index (χ4v) is 2.69. The van der Waals surface area contributed by atoms with E-state index in [1.165, 1.54) is 0 Å². The Bertz CT molecular complexity index is 187. The first-order chi connectivity index (χ1) is 8.33. The summed E-state index contributed by atoms with van der Waals surface area (Å²) in [5.74, 6) is 0.567. The van der Waals surface area contributed by atoms with Crippen LogP contribution in [0, 0.1) is 5.92 Å². The van der Waals surface area contributed by atoms with Gasteiger partial charge in [-0.1, -0.05) is 20.8 Å². The molecule has 0 aromatic rings. The lowest BCUT2D eigenvalue weighted by atomic mass is 9.96. The Morgan fingerprint density at radius 3 is 2.06 bits per heavy atom. The molecule has 4 nitrogen and oxygen atoms in total. The highest BCUT2D eigenvalue weighted by molar-refractivity contribution is 4.85. The van der Waals surface area contributed by atoms with Crippen molar-refractivity contribution in [2.24, 2.45) is 11.7 Å². The molecule has 0 spiro atoms. The van der Waals surface area contributed by atoms with Crippen LogP contribution in [0.25, 0.3) is 0 Å². The maximum atomic E-state index is 9.66. The van der Waals surface area contributed by atoms with E-state index in [2.05, 4.69) is 51.6 Å². The van der Waals surface area contributed by atoms with E-state index in [1.807, 2.05) is 0 Å². The van der Waals surface area contributed by atoms with Gasteiger partial charge in [-0.05, 0) is 39.9 Å². The monoisotopic (exact) mass is 259 g/mol. The SMILES string of the molecule is CCN(C(C)CN(C)C)C(CO)C(N)CC(C)C. The van der Waals surface area contributed by atoms with Crippen LogP contribution in [-0.4, -0.2) is 66.8 Å². The van der Waals surface area contributed by atoms with Gasteiger partial charge in [0.15, 0.2) is 0 Å². The van der Waals surface area contributed by atoms with Gasteiger partial charge in [-0.25, -0.2) is 0 Å². The lowest BCUT2D eigenvalue weighted by Crippen LogP contribution is -2.55. The first kappa shape index (κ1) is 17.8. The third-order valence-corrected chi connectivity index (χ3v) is 3.41. The number of aliphatic hydroxyl groups excluding tert-OH is 1. The van der Waals surface area contributed by atoms with Gasteiger partial charge in [0.05, 0.1) is 6.61 Å². The summed E-state index contributed by atoms with van der Waals surface area (Å²) >= 11 is 0. The van der Waals surface area contributed by atoms with Gasteiger partial charge < -0.3 is 15.7 Å². The number of aliphatic hydroxyl groups is 1. The minimum absolute atomic E-state index is 0.0413. The van der Waals surface area contributed by atoms with E-state index in [0.29, 0.717) is 12.0 Å². The van der Waals surface area contributed by atoms with Gasteiger partial charge in [0.2, 0.25) is 0 Å². The second-order valence-corrected chi connectivity index (χ2v) is 5.99. The van der Waals surface area contributed by atoms with Crippen molar-refractivity contribution >= 4 is 0 Å². The smallest absolute Gasteiger partial charge is 0.0602 e. The van der Waals surface area contributed by atoms with Crippen LogP contribution in [0.1, 0.15) is 34.1 Å². The van der Waals surface area contributed by atoms with Crippen LogP contribution in [0.15, 0.2) is 0 Å². The van der Waals surface area contributed by atoms with Gasteiger partial charge in [0.25, 0.3) is 0 Å². The molecule has 3 unspecified atom stereocenters. The number of hydrogen-bond acceptors (Lipinski definition) is 4. The molecule has 0 saturated heterocycles. The first-order valence-electron chi connectivity index (χ1n) is 7.10. The largest absolute Gasteiger partial charge is 0.395 e. The molecule has 0 aromatic heterocycles.